The van der Waals surface area contributed by atoms with Gasteiger partial charge in [-0.3, -0.25) is 4.79 Å². The number of aliphatic hydroxyl groups excluding tert-OH is 2. The highest BCUT2D eigenvalue weighted by molar-refractivity contribution is 5.94. The molecule has 0 bridgehead atoms. The van der Waals surface area contributed by atoms with Crippen molar-refractivity contribution in [3.8, 4) is 5.75 Å². The summed E-state index contributed by atoms with van der Waals surface area (Å²) in [5.74, 6) is 1.48. The number of nitrogens with two attached hydrogens (primary N) is 1. The number of nitrogen functional groups attached to an aromatic ring is 1. The standard InChI is InChI=1S/C28H29N5O4/c29-26-24-14-21(16-34)22(17-35)15-25(24)30-28(31-26)33-12-10-32(11-13-33)27(36)20-6-8-23(9-7-20)37-18-19-4-2-1-3-5-19/h1-9,14-15,34-35H,10-13,16-18H2,(H2,29,30,31). The zero-order chi connectivity index (χ0) is 25.8. The van der Waals surface area contributed by atoms with Gasteiger partial charge in [-0.05, 0) is 53.1 Å². The molecule has 1 fully saturated rings. The molecular weight excluding hydrogens is 470 g/mol. The number of anilines is 2. The van der Waals surface area contributed by atoms with Gasteiger partial charge >= 0.3 is 0 Å². The number of rotatable bonds is 7. The maximum atomic E-state index is 13.1. The Kier molecular flexibility index (Phi) is 7.16. The van der Waals surface area contributed by atoms with Gasteiger partial charge in [-0.15, -0.1) is 0 Å². The number of fused-ring (bicyclic) bond motifs is 1. The molecule has 4 aromatic rings. The molecule has 37 heavy (non-hydrogen) atoms. The van der Waals surface area contributed by atoms with Crippen LogP contribution in [0.4, 0.5) is 11.8 Å². The Morgan fingerprint density at radius 2 is 1.57 bits per heavy atom. The first-order valence-electron chi connectivity index (χ1n) is 12.2. The maximum Gasteiger partial charge on any atom is 0.253 e. The zero-order valence-electron chi connectivity index (χ0n) is 20.4. The van der Waals surface area contributed by atoms with E-state index in [1.165, 1.54) is 0 Å². The number of nitrogens with zero attached hydrogens (tertiary/aromatic N) is 4. The monoisotopic (exact) mass is 499 g/mol. The molecule has 0 atom stereocenters. The van der Waals surface area contributed by atoms with Crippen LogP contribution in [-0.4, -0.2) is 57.2 Å². The van der Waals surface area contributed by atoms with Crippen molar-refractivity contribution < 1.29 is 19.7 Å². The molecule has 9 heteroatoms. The van der Waals surface area contributed by atoms with Crippen LogP contribution in [0.5, 0.6) is 5.75 Å². The van der Waals surface area contributed by atoms with Gasteiger partial charge in [0.25, 0.3) is 5.91 Å². The van der Waals surface area contributed by atoms with Gasteiger partial charge in [-0.2, -0.15) is 4.98 Å². The van der Waals surface area contributed by atoms with E-state index in [4.69, 9.17) is 10.5 Å². The molecule has 190 valence electrons. The van der Waals surface area contributed by atoms with Gasteiger partial charge in [0, 0.05) is 37.1 Å². The normalized spacial score (nSPS) is 13.7. The second-order valence-electron chi connectivity index (χ2n) is 8.94. The second-order valence-corrected chi connectivity index (χ2v) is 8.94. The Labute approximate surface area is 214 Å². The second kappa shape index (κ2) is 10.8. The first kappa shape index (κ1) is 24.5. The predicted octanol–water partition coefficient (Wildman–Crippen LogP) is 2.74. The third-order valence-corrected chi connectivity index (χ3v) is 6.57. The van der Waals surface area contributed by atoms with E-state index < -0.39 is 0 Å². The minimum atomic E-state index is -0.202. The molecule has 1 saturated heterocycles. The molecule has 3 aromatic carbocycles. The molecule has 2 heterocycles. The summed E-state index contributed by atoms with van der Waals surface area (Å²) in [5, 5.41) is 19.8. The third-order valence-electron chi connectivity index (χ3n) is 6.57. The van der Waals surface area contributed by atoms with Gasteiger partial charge in [0.2, 0.25) is 5.95 Å². The van der Waals surface area contributed by atoms with Crippen molar-refractivity contribution in [2.75, 3.05) is 36.8 Å². The fourth-order valence-electron chi connectivity index (χ4n) is 4.44. The van der Waals surface area contributed by atoms with Crippen LogP contribution < -0.4 is 15.4 Å². The topological polar surface area (TPSA) is 125 Å². The van der Waals surface area contributed by atoms with Crippen LogP contribution in [0.1, 0.15) is 27.0 Å². The van der Waals surface area contributed by atoms with E-state index in [1.54, 1.807) is 24.3 Å². The number of aliphatic hydroxyl groups is 2. The van der Waals surface area contributed by atoms with E-state index >= 15 is 0 Å². The maximum absolute atomic E-state index is 13.1. The van der Waals surface area contributed by atoms with Crippen molar-refractivity contribution >= 4 is 28.6 Å². The lowest BCUT2D eigenvalue weighted by molar-refractivity contribution is 0.0746. The number of carbonyl (C=O) groups is 1. The van der Waals surface area contributed by atoms with Crippen LogP contribution >= 0.6 is 0 Å². The lowest BCUT2D eigenvalue weighted by Crippen LogP contribution is -2.49. The quantitative estimate of drug-likeness (QED) is 0.355. The Hall–Kier alpha value is -4.21. The minimum Gasteiger partial charge on any atom is -0.489 e. The molecule has 9 nitrogen and oxygen atoms in total. The molecule has 0 radical (unpaired) electrons. The molecule has 5 rings (SSSR count). The largest absolute Gasteiger partial charge is 0.489 e. The Morgan fingerprint density at radius 3 is 2.24 bits per heavy atom. The number of aromatic nitrogens is 2. The van der Waals surface area contributed by atoms with Crippen molar-refractivity contribution in [2.24, 2.45) is 0 Å². The summed E-state index contributed by atoms with van der Waals surface area (Å²) < 4.78 is 5.82. The van der Waals surface area contributed by atoms with E-state index in [-0.39, 0.29) is 19.1 Å². The van der Waals surface area contributed by atoms with Crippen LogP contribution in [0.2, 0.25) is 0 Å². The summed E-state index contributed by atoms with van der Waals surface area (Å²) in [6, 6.07) is 20.6. The molecule has 1 amide bonds. The number of hydrogen-bond donors (Lipinski definition) is 3. The van der Waals surface area contributed by atoms with Crippen LogP contribution in [0.25, 0.3) is 10.9 Å². The van der Waals surface area contributed by atoms with Gasteiger partial charge in [-0.25, -0.2) is 4.98 Å². The summed E-state index contributed by atoms with van der Waals surface area (Å²) >= 11 is 0. The third kappa shape index (κ3) is 5.32. The SMILES string of the molecule is Nc1nc(N2CCN(C(=O)c3ccc(OCc4ccccc4)cc3)CC2)nc2cc(CO)c(CO)cc12. The van der Waals surface area contributed by atoms with Crippen LogP contribution in [-0.2, 0) is 19.8 Å². The van der Waals surface area contributed by atoms with Crippen LogP contribution in [0.3, 0.4) is 0 Å². The first-order valence-corrected chi connectivity index (χ1v) is 12.2. The number of ether oxygens (including phenoxy) is 1. The average molecular weight is 500 g/mol. The van der Waals surface area contributed by atoms with E-state index in [1.807, 2.05) is 52.3 Å². The Balaban J connectivity index is 1.22. The van der Waals surface area contributed by atoms with E-state index in [0.29, 0.717) is 77.9 Å². The molecule has 1 aliphatic rings. The molecular formula is C28H29N5O4. The highest BCUT2D eigenvalue weighted by atomic mass is 16.5. The average Bonchev–Trinajstić information content (AvgIpc) is 2.96. The summed E-state index contributed by atoms with van der Waals surface area (Å²) in [6.07, 6.45) is 0. The summed E-state index contributed by atoms with van der Waals surface area (Å²) in [4.78, 5) is 26.0. The highest BCUT2D eigenvalue weighted by Crippen LogP contribution is 2.26. The Bertz CT molecular complexity index is 1390. The van der Waals surface area contributed by atoms with Gasteiger partial charge < -0.3 is 30.5 Å². The molecule has 1 aromatic heterocycles. The fraction of sp³-hybridized carbons (Fsp3) is 0.250. The molecule has 1 aliphatic heterocycles. The summed E-state index contributed by atoms with van der Waals surface area (Å²) in [7, 11) is 0. The van der Waals surface area contributed by atoms with Crippen molar-refractivity contribution in [2.45, 2.75) is 19.8 Å². The smallest absolute Gasteiger partial charge is 0.253 e. The zero-order valence-corrected chi connectivity index (χ0v) is 20.4. The molecule has 0 saturated carbocycles. The number of carbonyl (C=O) groups excluding carboxylic acids is 1. The van der Waals surface area contributed by atoms with Crippen LogP contribution in [0.15, 0.2) is 66.7 Å². The lowest BCUT2D eigenvalue weighted by Gasteiger charge is -2.35. The highest BCUT2D eigenvalue weighted by Gasteiger charge is 2.24. The number of benzene rings is 3. The van der Waals surface area contributed by atoms with Crippen molar-refractivity contribution in [3.63, 3.8) is 0 Å². The van der Waals surface area contributed by atoms with Gasteiger partial charge in [-0.1, -0.05) is 30.3 Å². The number of hydrogen-bond acceptors (Lipinski definition) is 8. The van der Waals surface area contributed by atoms with Crippen molar-refractivity contribution in [1.29, 1.82) is 0 Å². The first-order chi connectivity index (χ1) is 18.1. The summed E-state index contributed by atoms with van der Waals surface area (Å²) in [5.41, 5.74) is 9.71. The van der Waals surface area contributed by atoms with Gasteiger partial charge in [0.1, 0.15) is 18.2 Å². The van der Waals surface area contributed by atoms with Gasteiger partial charge in [0.15, 0.2) is 0 Å². The fourth-order valence-corrected chi connectivity index (χ4v) is 4.44. The van der Waals surface area contributed by atoms with E-state index in [9.17, 15) is 15.0 Å². The number of amides is 1. The molecule has 0 aliphatic carbocycles. The predicted molar refractivity (Wildman–Crippen MR) is 141 cm³/mol. The number of piperazine rings is 1. The Morgan fingerprint density at radius 1 is 0.892 bits per heavy atom. The lowest BCUT2D eigenvalue weighted by atomic mass is 10.1. The van der Waals surface area contributed by atoms with Crippen LogP contribution in [0, 0.1) is 0 Å². The summed E-state index contributed by atoms with van der Waals surface area (Å²) in [6.45, 7) is 2.25. The van der Waals surface area contributed by atoms with Crippen molar-refractivity contribution in [1.82, 2.24) is 14.9 Å². The van der Waals surface area contributed by atoms with E-state index in [2.05, 4.69) is 9.97 Å². The molecule has 4 N–H and O–H groups in total. The van der Waals surface area contributed by atoms with E-state index in [0.717, 1.165) is 5.56 Å². The van der Waals surface area contributed by atoms with Gasteiger partial charge in [0.05, 0.1) is 18.7 Å². The minimum absolute atomic E-state index is 0.0303. The molecule has 0 spiro atoms. The molecule has 0 unspecified atom stereocenters. The van der Waals surface area contributed by atoms with Crippen molar-refractivity contribution in [3.05, 3.63) is 89.0 Å².